The Hall–Kier alpha value is -2.27. The van der Waals surface area contributed by atoms with E-state index in [-0.39, 0.29) is 18.5 Å². The van der Waals surface area contributed by atoms with Crippen molar-refractivity contribution in [3.8, 4) is 0 Å². The molecule has 0 aromatic carbocycles. The second kappa shape index (κ2) is 7.96. The summed E-state index contributed by atoms with van der Waals surface area (Å²) in [6, 6.07) is 0.181. The lowest BCUT2D eigenvalue weighted by molar-refractivity contribution is -0.122. The summed E-state index contributed by atoms with van der Waals surface area (Å²) in [7, 11) is 0. The van der Waals surface area contributed by atoms with E-state index in [2.05, 4.69) is 30.6 Å². The Morgan fingerprint density at radius 3 is 2.77 bits per heavy atom. The van der Waals surface area contributed by atoms with Crippen LogP contribution in [-0.2, 0) is 16.1 Å². The second-order valence-electron chi connectivity index (χ2n) is 6.36. The molecule has 2 saturated heterocycles. The number of carbonyl (C=O) groups excluding carboxylic acids is 1. The van der Waals surface area contributed by atoms with Crippen molar-refractivity contribution in [2.75, 3.05) is 49.2 Å². The second-order valence-corrected chi connectivity index (χ2v) is 7.24. The van der Waals surface area contributed by atoms with Gasteiger partial charge in [0.1, 0.15) is 6.54 Å². The fourth-order valence-electron chi connectivity index (χ4n) is 3.18. The summed E-state index contributed by atoms with van der Waals surface area (Å²) in [6.45, 7) is 4.71. The maximum Gasteiger partial charge on any atom is 0.266 e. The number of tetrazole rings is 1. The minimum Gasteiger partial charge on any atom is -0.378 e. The highest BCUT2D eigenvalue weighted by Gasteiger charge is 2.23. The Bertz CT molecular complexity index is 707. The molecule has 0 atom stereocenters. The van der Waals surface area contributed by atoms with Crippen molar-refractivity contribution >= 4 is 28.3 Å². The van der Waals surface area contributed by atoms with Crippen LogP contribution in [0.2, 0.25) is 0 Å². The number of hydrogen-bond acceptors (Lipinski definition) is 9. The molecule has 1 N–H and O–H groups in total. The molecule has 0 spiro atoms. The van der Waals surface area contributed by atoms with Crippen molar-refractivity contribution in [3.05, 3.63) is 11.6 Å². The molecular weight excluding hydrogens is 356 g/mol. The van der Waals surface area contributed by atoms with Gasteiger partial charge >= 0.3 is 0 Å². The van der Waals surface area contributed by atoms with E-state index in [9.17, 15) is 4.79 Å². The molecule has 1 amide bonds. The molecule has 0 radical (unpaired) electrons. The van der Waals surface area contributed by atoms with Gasteiger partial charge in [0, 0.05) is 43.8 Å². The zero-order chi connectivity index (χ0) is 17.8. The molecule has 4 rings (SSSR count). The smallest absolute Gasteiger partial charge is 0.266 e. The molecule has 2 aromatic rings. The maximum atomic E-state index is 12.3. The summed E-state index contributed by atoms with van der Waals surface area (Å²) in [6.07, 6.45) is 3.65. The average molecular weight is 378 g/mol. The topological polar surface area (TPSA) is 101 Å². The van der Waals surface area contributed by atoms with Crippen molar-refractivity contribution in [2.24, 2.45) is 0 Å². The number of ether oxygens (including phenoxy) is 1. The normalized spacial score (nSPS) is 18.9. The Labute approximate surface area is 155 Å². The van der Waals surface area contributed by atoms with Gasteiger partial charge in [0.25, 0.3) is 5.95 Å². The third-order valence-corrected chi connectivity index (χ3v) is 5.40. The highest BCUT2D eigenvalue weighted by Crippen LogP contribution is 2.21. The number of carbonyl (C=O) groups is 1. The number of piperidine rings is 1. The number of thiazole rings is 1. The van der Waals surface area contributed by atoms with Crippen LogP contribution in [-0.4, -0.2) is 76.5 Å². The van der Waals surface area contributed by atoms with E-state index in [1.54, 1.807) is 11.3 Å². The van der Waals surface area contributed by atoms with Crippen LogP contribution in [0.15, 0.2) is 11.6 Å². The minimum absolute atomic E-state index is 0.0800. The maximum absolute atomic E-state index is 12.3. The highest BCUT2D eigenvalue weighted by molar-refractivity contribution is 7.13. The van der Waals surface area contributed by atoms with Gasteiger partial charge in [-0.25, -0.2) is 4.98 Å². The van der Waals surface area contributed by atoms with Crippen molar-refractivity contribution in [2.45, 2.75) is 25.4 Å². The molecule has 0 unspecified atom stereocenters. The molecule has 2 aliphatic rings. The molecule has 2 fully saturated rings. The first kappa shape index (κ1) is 17.2. The van der Waals surface area contributed by atoms with Gasteiger partial charge in [0.05, 0.1) is 13.2 Å². The van der Waals surface area contributed by atoms with Gasteiger partial charge in [-0.05, 0) is 18.1 Å². The van der Waals surface area contributed by atoms with Crippen LogP contribution < -0.4 is 15.1 Å². The molecule has 2 aromatic heterocycles. The van der Waals surface area contributed by atoms with Gasteiger partial charge in [0.2, 0.25) is 5.91 Å². The van der Waals surface area contributed by atoms with Gasteiger partial charge in [-0.1, -0.05) is 5.10 Å². The average Bonchev–Trinajstić information content (AvgIpc) is 3.35. The van der Waals surface area contributed by atoms with Crippen LogP contribution in [0.1, 0.15) is 12.8 Å². The fourth-order valence-corrected chi connectivity index (χ4v) is 3.88. The lowest BCUT2D eigenvalue weighted by atomic mass is 10.1. The van der Waals surface area contributed by atoms with Crippen molar-refractivity contribution < 1.29 is 9.53 Å². The number of nitrogens with one attached hydrogen (secondary N) is 1. The lowest BCUT2D eigenvalue weighted by Crippen LogP contribution is -2.45. The first-order valence-electron chi connectivity index (χ1n) is 8.82. The van der Waals surface area contributed by atoms with E-state index in [0.29, 0.717) is 19.2 Å². The minimum atomic E-state index is -0.0800. The standard InChI is InChI=1S/C15H22N8O2S/c24-13(11-23-19-14(18-20-23)21-6-8-25-9-7-21)17-12-1-4-22(5-2-12)15-16-3-10-26-15/h3,10,12H,1-2,4-9,11H2,(H,17,24). The van der Waals surface area contributed by atoms with Gasteiger partial charge in [0.15, 0.2) is 5.13 Å². The van der Waals surface area contributed by atoms with Gasteiger partial charge in [-0.3, -0.25) is 4.79 Å². The first-order valence-corrected chi connectivity index (χ1v) is 9.70. The largest absolute Gasteiger partial charge is 0.378 e. The highest BCUT2D eigenvalue weighted by atomic mass is 32.1. The molecule has 0 saturated carbocycles. The summed E-state index contributed by atoms with van der Waals surface area (Å²) >= 11 is 1.65. The third-order valence-electron chi connectivity index (χ3n) is 4.57. The first-order chi connectivity index (χ1) is 12.8. The molecule has 0 bridgehead atoms. The molecule has 10 nitrogen and oxygen atoms in total. The van der Waals surface area contributed by atoms with Crippen molar-refractivity contribution in [1.29, 1.82) is 0 Å². The van der Waals surface area contributed by atoms with E-state index in [1.165, 1.54) is 4.80 Å². The number of amides is 1. The van der Waals surface area contributed by atoms with Crippen LogP contribution >= 0.6 is 11.3 Å². The molecule has 0 aliphatic carbocycles. The molecule has 4 heterocycles. The SMILES string of the molecule is O=C(Cn1nnc(N2CCOCC2)n1)NC1CCN(c2nccs2)CC1. The van der Waals surface area contributed by atoms with Gasteiger partial charge < -0.3 is 19.9 Å². The van der Waals surface area contributed by atoms with Crippen LogP contribution in [0.25, 0.3) is 0 Å². The summed E-state index contributed by atoms with van der Waals surface area (Å²) in [5, 5.41) is 18.4. The van der Waals surface area contributed by atoms with Crippen molar-refractivity contribution in [3.63, 3.8) is 0 Å². The van der Waals surface area contributed by atoms with Crippen LogP contribution in [0.5, 0.6) is 0 Å². The Morgan fingerprint density at radius 2 is 2.04 bits per heavy atom. The van der Waals surface area contributed by atoms with Gasteiger partial charge in [-0.15, -0.1) is 16.4 Å². The van der Waals surface area contributed by atoms with E-state index in [0.717, 1.165) is 44.2 Å². The van der Waals surface area contributed by atoms with Crippen molar-refractivity contribution in [1.82, 2.24) is 30.5 Å². The predicted molar refractivity (Wildman–Crippen MR) is 96.3 cm³/mol. The van der Waals surface area contributed by atoms with Crippen LogP contribution in [0.4, 0.5) is 11.1 Å². The number of morpholine rings is 1. The van der Waals surface area contributed by atoms with E-state index in [4.69, 9.17) is 4.74 Å². The predicted octanol–water partition coefficient (Wildman–Crippen LogP) is -0.249. The van der Waals surface area contributed by atoms with Gasteiger partial charge in [-0.2, -0.15) is 4.80 Å². The monoisotopic (exact) mass is 378 g/mol. The van der Waals surface area contributed by atoms with Crippen LogP contribution in [0.3, 0.4) is 0 Å². The van der Waals surface area contributed by atoms with Crippen LogP contribution in [0, 0.1) is 0 Å². The number of hydrogen-bond donors (Lipinski definition) is 1. The Morgan fingerprint density at radius 1 is 1.23 bits per heavy atom. The van der Waals surface area contributed by atoms with E-state index >= 15 is 0 Å². The Balaban J connectivity index is 1.24. The van der Waals surface area contributed by atoms with E-state index in [1.807, 2.05) is 16.5 Å². The Kier molecular flexibility index (Phi) is 5.25. The summed E-state index contributed by atoms with van der Waals surface area (Å²) < 4.78 is 5.31. The number of rotatable bonds is 5. The molecule has 11 heteroatoms. The molecule has 26 heavy (non-hydrogen) atoms. The zero-order valence-corrected chi connectivity index (χ0v) is 15.3. The summed E-state index contributed by atoms with van der Waals surface area (Å²) in [5.41, 5.74) is 0. The summed E-state index contributed by atoms with van der Waals surface area (Å²) in [4.78, 5) is 22.3. The third kappa shape index (κ3) is 4.10. The summed E-state index contributed by atoms with van der Waals surface area (Å²) in [5.74, 6) is 0.474. The number of anilines is 2. The molecular formula is C15H22N8O2S. The lowest BCUT2D eigenvalue weighted by Gasteiger charge is -2.32. The quantitative estimate of drug-likeness (QED) is 0.760. The van der Waals surface area contributed by atoms with E-state index < -0.39 is 0 Å². The number of aromatic nitrogens is 5. The molecule has 140 valence electrons. The zero-order valence-electron chi connectivity index (χ0n) is 14.5. The fraction of sp³-hybridized carbons (Fsp3) is 0.667. The molecule has 2 aliphatic heterocycles. The number of nitrogens with zero attached hydrogens (tertiary/aromatic N) is 7.